The lowest BCUT2D eigenvalue weighted by Gasteiger charge is -2.20. The molecule has 45 heavy (non-hydrogen) atoms. The number of allylic oxidation sites excluding steroid dienone is 1. The zero-order valence-electron chi connectivity index (χ0n) is 25.8. The molecule has 0 aliphatic heterocycles. The van der Waals surface area contributed by atoms with Crippen LogP contribution in [-0.2, 0) is 20.7 Å². The van der Waals surface area contributed by atoms with E-state index in [0.29, 0.717) is 55.0 Å². The molecule has 4 aromatic carbocycles. The Balaban J connectivity index is 1.30. The van der Waals surface area contributed by atoms with Gasteiger partial charge in [0, 0.05) is 29.8 Å². The zero-order valence-corrected chi connectivity index (χ0v) is 25.8. The third-order valence-electron chi connectivity index (χ3n) is 7.56. The Bertz CT molecular complexity index is 1580. The van der Waals surface area contributed by atoms with Gasteiger partial charge in [-0.15, -0.1) is 6.58 Å². The molecular formula is C38H40N2O5. The van der Waals surface area contributed by atoms with Gasteiger partial charge in [-0.1, -0.05) is 84.9 Å². The number of rotatable bonds is 16. The molecule has 0 aromatic heterocycles. The summed E-state index contributed by atoms with van der Waals surface area (Å²) in [6.45, 7) is 6.76. The van der Waals surface area contributed by atoms with E-state index in [-0.39, 0.29) is 17.6 Å². The summed E-state index contributed by atoms with van der Waals surface area (Å²) in [7, 11) is 1.35. The van der Waals surface area contributed by atoms with Gasteiger partial charge in [-0.05, 0) is 60.7 Å². The fraction of sp³-hybridized carbons (Fsp3) is 0.237. The third-order valence-corrected chi connectivity index (χ3v) is 7.56. The van der Waals surface area contributed by atoms with Crippen molar-refractivity contribution in [1.82, 2.24) is 5.32 Å². The lowest BCUT2D eigenvalue weighted by atomic mass is 9.91. The first-order valence-corrected chi connectivity index (χ1v) is 15.1. The van der Waals surface area contributed by atoms with Crippen LogP contribution in [0.3, 0.4) is 0 Å². The number of esters is 1. The fourth-order valence-corrected chi connectivity index (χ4v) is 5.15. The van der Waals surface area contributed by atoms with Crippen LogP contribution in [0.25, 0.3) is 0 Å². The fourth-order valence-electron chi connectivity index (χ4n) is 5.15. The predicted octanol–water partition coefficient (Wildman–Crippen LogP) is 6.67. The van der Waals surface area contributed by atoms with Crippen molar-refractivity contribution in [3.05, 3.63) is 144 Å². The maximum atomic E-state index is 13.2. The van der Waals surface area contributed by atoms with Crippen molar-refractivity contribution in [3.8, 4) is 5.75 Å². The average molecular weight is 605 g/mol. The molecule has 7 nitrogen and oxygen atoms in total. The number of para-hydroxylation sites is 1. The summed E-state index contributed by atoms with van der Waals surface area (Å²) < 4.78 is 11.0. The van der Waals surface area contributed by atoms with E-state index >= 15 is 0 Å². The quantitative estimate of drug-likeness (QED) is 0.0643. The number of anilines is 1. The van der Waals surface area contributed by atoms with Gasteiger partial charge in [-0.25, -0.2) is 4.79 Å². The number of carbonyl (C=O) groups excluding carboxylic acids is 3. The van der Waals surface area contributed by atoms with E-state index < -0.39 is 12.0 Å². The van der Waals surface area contributed by atoms with E-state index in [1.807, 2.05) is 79.7 Å². The normalized spacial score (nSPS) is 12.0. The highest BCUT2D eigenvalue weighted by molar-refractivity contribution is 6.12. The predicted molar refractivity (Wildman–Crippen MR) is 178 cm³/mol. The first-order valence-electron chi connectivity index (χ1n) is 15.1. The van der Waals surface area contributed by atoms with Gasteiger partial charge in [0.2, 0.25) is 5.91 Å². The summed E-state index contributed by atoms with van der Waals surface area (Å²) in [5, 5.41) is 6.26. The van der Waals surface area contributed by atoms with Gasteiger partial charge >= 0.3 is 5.97 Å². The molecule has 4 rings (SSSR count). The van der Waals surface area contributed by atoms with Gasteiger partial charge in [0.25, 0.3) is 0 Å². The summed E-state index contributed by atoms with van der Waals surface area (Å²) >= 11 is 0. The van der Waals surface area contributed by atoms with Gasteiger partial charge in [-0.2, -0.15) is 0 Å². The topological polar surface area (TPSA) is 93.7 Å². The molecule has 0 aliphatic carbocycles. The van der Waals surface area contributed by atoms with Crippen LogP contribution in [0.1, 0.15) is 51.4 Å². The lowest BCUT2D eigenvalue weighted by molar-refractivity contribution is -0.141. The highest BCUT2D eigenvalue weighted by Crippen LogP contribution is 2.24. The van der Waals surface area contributed by atoms with Crippen LogP contribution in [0, 0.1) is 6.92 Å². The standard InChI is InChI=1S/C38H40N2O5/c1-4-13-32(31-17-9-8-14-27(31)2)37(42)39-24-12-25-45-30-22-20-28(21-23-30)26-35(38(43)44-3)40-34-19-11-10-18-33(34)36(41)29-15-6-5-7-16-29/h4-11,14-23,32,35,40H,1,12-13,24-26H2,2-3H3,(H,39,42). The summed E-state index contributed by atoms with van der Waals surface area (Å²) in [6.07, 6.45) is 3.35. The van der Waals surface area contributed by atoms with Crippen LogP contribution in [0.5, 0.6) is 5.75 Å². The molecule has 2 unspecified atom stereocenters. The molecule has 0 heterocycles. The van der Waals surface area contributed by atoms with Gasteiger partial charge in [0.15, 0.2) is 5.78 Å². The van der Waals surface area contributed by atoms with Gasteiger partial charge < -0.3 is 20.1 Å². The molecule has 0 aliphatic rings. The van der Waals surface area contributed by atoms with Crippen LogP contribution in [-0.4, -0.2) is 44.0 Å². The molecule has 0 saturated carbocycles. The van der Waals surface area contributed by atoms with Crippen molar-refractivity contribution in [2.75, 3.05) is 25.6 Å². The van der Waals surface area contributed by atoms with Crippen molar-refractivity contribution in [2.24, 2.45) is 0 Å². The van der Waals surface area contributed by atoms with Crippen LogP contribution in [0.15, 0.2) is 116 Å². The molecule has 0 radical (unpaired) electrons. The van der Waals surface area contributed by atoms with E-state index in [1.165, 1.54) is 7.11 Å². The number of hydrogen-bond acceptors (Lipinski definition) is 6. The molecule has 7 heteroatoms. The van der Waals surface area contributed by atoms with E-state index in [1.54, 1.807) is 36.4 Å². The summed E-state index contributed by atoms with van der Waals surface area (Å²) in [5.41, 5.74) is 4.60. The first-order chi connectivity index (χ1) is 21.9. The molecular weight excluding hydrogens is 564 g/mol. The molecule has 0 fully saturated rings. The minimum absolute atomic E-state index is 0.0191. The molecule has 1 amide bonds. The monoisotopic (exact) mass is 604 g/mol. The van der Waals surface area contributed by atoms with Crippen molar-refractivity contribution in [2.45, 2.75) is 38.1 Å². The molecule has 0 bridgehead atoms. The highest BCUT2D eigenvalue weighted by atomic mass is 16.5. The maximum Gasteiger partial charge on any atom is 0.328 e. The molecule has 0 saturated heterocycles. The van der Waals surface area contributed by atoms with Gasteiger partial charge in [0.05, 0.1) is 19.6 Å². The Morgan fingerprint density at radius 1 is 0.867 bits per heavy atom. The van der Waals surface area contributed by atoms with Crippen molar-refractivity contribution >= 4 is 23.3 Å². The molecule has 0 spiro atoms. The second-order valence-corrected chi connectivity index (χ2v) is 10.7. The van der Waals surface area contributed by atoms with Gasteiger partial charge in [-0.3, -0.25) is 9.59 Å². The van der Waals surface area contributed by atoms with Crippen LogP contribution >= 0.6 is 0 Å². The number of ether oxygens (including phenoxy) is 2. The highest BCUT2D eigenvalue weighted by Gasteiger charge is 2.23. The number of hydrogen-bond donors (Lipinski definition) is 2. The lowest BCUT2D eigenvalue weighted by Crippen LogP contribution is -2.33. The number of ketones is 1. The largest absolute Gasteiger partial charge is 0.494 e. The Labute approximate surface area is 265 Å². The Hall–Kier alpha value is -5.17. The Kier molecular flexibility index (Phi) is 12.1. The minimum Gasteiger partial charge on any atom is -0.494 e. The molecule has 232 valence electrons. The Morgan fingerprint density at radius 3 is 2.27 bits per heavy atom. The SMILES string of the molecule is C=CCC(C(=O)NCCCOc1ccc(CC(Nc2ccccc2C(=O)c2ccccc2)C(=O)OC)cc1)c1ccccc1C. The van der Waals surface area contributed by atoms with Gasteiger partial charge in [0.1, 0.15) is 11.8 Å². The Morgan fingerprint density at radius 2 is 1.56 bits per heavy atom. The van der Waals surface area contributed by atoms with E-state index in [4.69, 9.17) is 9.47 Å². The first kappa shape index (κ1) is 32.7. The smallest absolute Gasteiger partial charge is 0.328 e. The van der Waals surface area contributed by atoms with Crippen LogP contribution in [0.4, 0.5) is 5.69 Å². The van der Waals surface area contributed by atoms with E-state index in [2.05, 4.69) is 17.2 Å². The number of aryl methyl sites for hydroxylation is 1. The van der Waals surface area contributed by atoms with Crippen molar-refractivity contribution < 1.29 is 23.9 Å². The number of carbonyl (C=O) groups is 3. The number of benzene rings is 4. The minimum atomic E-state index is -0.709. The summed E-state index contributed by atoms with van der Waals surface area (Å²) in [5.74, 6) is -0.160. The molecule has 4 aromatic rings. The number of methoxy groups -OCH3 is 1. The summed E-state index contributed by atoms with van der Waals surface area (Å²) in [6, 6.07) is 30.9. The zero-order chi connectivity index (χ0) is 32.0. The van der Waals surface area contributed by atoms with E-state index in [9.17, 15) is 14.4 Å². The number of amides is 1. The third kappa shape index (κ3) is 9.16. The average Bonchev–Trinajstić information content (AvgIpc) is 3.07. The second kappa shape index (κ2) is 16.6. The van der Waals surface area contributed by atoms with Crippen molar-refractivity contribution in [3.63, 3.8) is 0 Å². The summed E-state index contributed by atoms with van der Waals surface area (Å²) in [4.78, 5) is 38.8. The van der Waals surface area contributed by atoms with Crippen LogP contribution in [0.2, 0.25) is 0 Å². The van der Waals surface area contributed by atoms with Crippen LogP contribution < -0.4 is 15.4 Å². The maximum absolute atomic E-state index is 13.2. The molecule has 2 N–H and O–H groups in total. The van der Waals surface area contributed by atoms with Crippen molar-refractivity contribution in [1.29, 1.82) is 0 Å². The van der Waals surface area contributed by atoms with E-state index in [0.717, 1.165) is 16.7 Å². The molecule has 2 atom stereocenters. The second-order valence-electron chi connectivity index (χ2n) is 10.7. The number of nitrogens with one attached hydrogen (secondary N) is 2.